The Balaban J connectivity index is 4.86. The molecule has 0 bridgehead atoms. The van der Waals surface area contributed by atoms with Gasteiger partial charge in [-0.05, 0) is 38.5 Å². The van der Waals surface area contributed by atoms with E-state index in [1.54, 1.807) is 20.1 Å². The summed E-state index contributed by atoms with van der Waals surface area (Å²) in [6.07, 6.45) is 5.95. The van der Waals surface area contributed by atoms with E-state index < -0.39 is 23.4 Å². The maximum absolute atomic E-state index is 12.4. The number of rotatable bonds is 24. The van der Waals surface area contributed by atoms with Gasteiger partial charge in [-0.3, -0.25) is 9.59 Å². The molecule has 12 heteroatoms. The van der Waals surface area contributed by atoms with Gasteiger partial charge in [0.25, 0.3) is 6.26 Å². The fourth-order valence-corrected chi connectivity index (χ4v) is 3.15. The molecule has 0 aliphatic carbocycles. The second-order valence-electron chi connectivity index (χ2n) is 9.47. The summed E-state index contributed by atoms with van der Waals surface area (Å²) in [6, 6.07) is -1.00. The first-order valence-electron chi connectivity index (χ1n) is 13.5. The number of ether oxygens (including phenoxy) is 6. The molecule has 0 aliphatic heterocycles. The van der Waals surface area contributed by atoms with E-state index >= 15 is 0 Å². The minimum Gasteiger partial charge on any atom is -0.465 e. The van der Waals surface area contributed by atoms with Crippen molar-refractivity contribution in [3.63, 3.8) is 0 Å². The van der Waals surface area contributed by atoms with Crippen LogP contribution in [0.5, 0.6) is 0 Å². The van der Waals surface area contributed by atoms with Crippen LogP contribution in [0.2, 0.25) is 0 Å². The molecular weight excluding hydrogens is 512 g/mol. The largest absolute Gasteiger partial charge is 0.465 e. The van der Waals surface area contributed by atoms with Crippen molar-refractivity contribution >= 4 is 24.0 Å². The molecule has 0 fully saturated rings. The fraction of sp³-hybridized carbons (Fsp3) is 0.815. The van der Waals surface area contributed by atoms with Gasteiger partial charge in [0.1, 0.15) is 19.8 Å². The monoisotopic (exact) mass is 556 g/mol. The topological polar surface area (TPSA) is 160 Å². The number of aliphatic imine (C=N–C) groups is 1. The molecule has 1 unspecified atom stereocenters. The molecule has 0 aliphatic rings. The molecule has 0 saturated carbocycles. The van der Waals surface area contributed by atoms with Gasteiger partial charge in [-0.1, -0.05) is 27.7 Å². The second-order valence-corrected chi connectivity index (χ2v) is 9.47. The smallest absolute Gasteiger partial charge is 0.331 e. The zero-order valence-corrected chi connectivity index (χ0v) is 23.7. The summed E-state index contributed by atoms with van der Waals surface area (Å²) in [7, 11) is 0. The van der Waals surface area contributed by atoms with Crippen molar-refractivity contribution in [2.45, 2.75) is 78.7 Å². The fourth-order valence-electron chi connectivity index (χ4n) is 3.15. The lowest BCUT2D eigenvalue weighted by Gasteiger charge is -2.32. The van der Waals surface area contributed by atoms with E-state index in [0.717, 1.165) is 12.8 Å². The highest BCUT2D eigenvalue weighted by atomic mass is 16.6. The molecule has 0 N–H and O–H groups in total. The average molecular weight is 557 g/mol. The van der Waals surface area contributed by atoms with Gasteiger partial charge >= 0.3 is 17.9 Å². The number of hydrogen-bond acceptors (Lipinski definition) is 12. The van der Waals surface area contributed by atoms with Crippen molar-refractivity contribution in [3.8, 4) is 6.26 Å². The van der Waals surface area contributed by atoms with Gasteiger partial charge in [0.2, 0.25) is 6.08 Å². The van der Waals surface area contributed by atoms with Crippen LogP contribution >= 0.6 is 0 Å². The third-order valence-corrected chi connectivity index (χ3v) is 5.33. The van der Waals surface area contributed by atoms with E-state index in [2.05, 4.69) is 9.73 Å². The van der Waals surface area contributed by atoms with Crippen molar-refractivity contribution in [1.29, 1.82) is 5.26 Å². The van der Waals surface area contributed by atoms with Crippen LogP contribution in [0.15, 0.2) is 4.99 Å². The number of nitriles is 1. The summed E-state index contributed by atoms with van der Waals surface area (Å²) >= 11 is 0. The van der Waals surface area contributed by atoms with Gasteiger partial charge in [0.15, 0.2) is 6.04 Å². The Morgan fingerprint density at radius 3 is 2.03 bits per heavy atom. The van der Waals surface area contributed by atoms with Crippen molar-refractivity contribution in [2.75, 3.05) is 52.9 Å². The van der Waals surface area contributed by atoms with Crippen molar-refractivity contribution in [2.24, 2.45) is 16.3 Å². The summed E-state index contributed by atoms with van der Waals surface area (Å²) in [5.41, 5.74) is -0.866. The molecule has 222 valence electrons. The van der Waals surface area contributed by atoms with Crippen LogP contribution in [0.4, 0.5) is 0 Å². The average Bonchev–Trinajstić information content (AvgIpc) is 2.92. The Morgan fingerprint density at radius 2 is 1.46 bits per heavy atom. The molecule has 0 radical (unpaired) electrons. The van der Waals surface area contributed by atoms with Crippen molar-refractivity contribution < 1.29 is 47.6 Å². The third-order valence-electron chi connectivity index (χ3n) is 5.33. The highest BCUT2D eigenvalue weighted by Crippen LogP contribution is 2.22. The molecule has 1 atom stereocenters. The zero-order valence-electron chi connectivity index (χ0n) is 23.7. The minimum absolute atomic E-state index is 0.0200. The van der Waals surface area contributed by atoms with Crippen LogP contribution < -0.4 is 0 Å². The van der Waals surface area contributed by atoms with Crippen molar-refractivity contribution in [3.05, 3.63) is 0 Å². The second kappa shape index (κ2) is 22.9. The standard InChI is InChI=1S/C27H44N2O10/c1-5-12-34-16-27(17-35-13-6-2,19-39-25(32)22(3)4)18-38-24(31)11-9-15-37-26(33)23(29-21-30)10-7-8-14-36-20-28/h22-23H,5-19H2,1-4H3. The van der Waals surface area contributed by atoms with E-state index in [1.165, 1.54) is 6.08 Å². The van der Waals surface area contributed by atoms with Crippen LogP contribution in [-0.4, -0.2) is 82.9 Å². The number of nitrogens with zero attached hydrogens (tertiary/aromatic N) is 2. The molecule has 0 rings (SSSR count). The number of carbonyl (C=O) groups is 3. The summed E-state index contributed by atoms with van der Waals surface area (Å²) in [5, 5.41) is 8.35. The summed E-state index contributed by atoms with van der Waals surface area (Å²) in [6.45, 7) is 8.82. The molecular formula is C27H44N2O10. The Hall–Kier alpha value is -3.00. The molecule has 39 heavy (non-hydrogen) atoms. The van der Waals surface area contributed by atoms with E-state index in [-0.39, 0.29) is 70.8 Å². The lowest BCUT2D eigenvalue weighted by molar-refractivity contribution is -0.165. The predicted octanol–water partition coefficient (Wildman–Crippen LogP) is 3.26. The first-order chi connectivity index (χ1) is 18.7. The highest BCUT2D eigenvalue weighted by Gasteiger charge is 2.35. The first kappa shape index (κ1) is 36.0. The predicted molar refractivity (Wildman–Crippen MR) is 139 cm³/mol. The molecule has 0 saturated heterocycles. The molecule has 0 aromatic carbocycles. The Morgan fingerprint density at radius 1 is 0.821 bits per heavy atom. The number of isocyanates is 1. The number of carbonyl (C=O) groups excluding carboxylic acids is 4. The minimum atomic E-state index is -1.00. The molecule has 0 amide bonds. The maximum Gasteiger partial charge on any atom is 0.331 e. The Kier molecular flexibility index (Phi) is 21.2. The summed E-state index contributed by atoms with van der Waals surface area (Å²) in [5.74, 6) is -1.89. The molecule has 0 spiro atoms. The molecule has 0 aromatic heterocycles. The summed E-state index contributed by atoms with van der Waals surface area (Å²) < 4.78 is 32.2. The molecule has 0 aromatic rings. The van der Waals surface area contributed by atoms with E-state index in [0.29, 0.717) is 26.1 Å². The molecule has 12 nitrogen and oxygen atoms in total. The third kappa shape index (κ3) is 18.0. The van der Waals surface area contributed by atoms with Crippen LogP contribution in [0, 0.1) is 22.9 Å². The Labute approximate surface area is 231 Å². The lowest BCUT2D eigenvalue weighted by Crippen LogP contribution is -2.43. The van der Waals surface area contributed by atoms with E-state index in [9.17, 15) is 19.2 Å². The van der Waals surface area contributed by atoms with Crippen LogP contribution in [0.1, 0.15) is 72.6 Å². The number of unbranched alkanes of at least 4 members (excludes halogenated alkanes) is 1. The maximum atomic E-state index is 12.4. The van der Waals surface area contributed by atoms with Gasteiger partial charge in [-0.15, -0.1) is 0 Å². The summed E-state index contributed by atoms with van der Waals surface area (Å²) in [4.78, 5) is 50.9. The van der Waals surface area contributed by atoms with E-state index in [4.69, 9.17) is 28.9 Å². The number of hydrogen-bond donors (Lipinski definition) is 0. The van der Waals surface area contributed by atoms with Gasteiger partial charge in [-0.25, -0.2) is 9.59 Å². The number of esters is 3. The Bertz CT molecular complexity index is 780. The van der Waals surface area contributed by atoms with Gasteiger partial charge in [0, 0.05) is 19.6 Å². The van der Waals surface area contributed by atoms with Gasteiger partial charge in [-0.2, -0.15) is 10.3 Å². The van der Waals surface area contributed by atoms with Gasteiger partial charge < -0.3 is 28.4 Å². The van der Waals surface area contributed by atoms with Crippen LogP contribution in [-0.2, 0) is 47.6 Å². The van der Waals surface area contributed by atoms with Crippen LogP contribution in [0.3, 0.4) is 0 Å². The lowest BCUT2D eigenvalue weighted by atomic mass is 9.92. The SMILES string of the molecule is CCCOCC(COCCC)(COC(=O)CCCOC(=O)C(CCCCOC#N)N=C=O)COC(=O)C(C)C. The first-order valence-corrected chi connectivity index (χ1v) is 13.5. The zero-order chi connectivity index (χ0) is 29.4. The normalized spacial score (nSPS) is 11.7. The van der Waals surface area contributed by atoms with E-state index in [1.807, 2.05) is 13.8 Å². The van der Waals surface area contributed by atoms with Gasteiger partial charge in [0.05, 0.1) is 31.2 Å². The van der Waals surface area contributed by atoms with Crippen LogP contribution in [0.25, 0.3) is 0 Å². The van der Waals surface area contributed by atoms with Crippen molar-refractivity contribution in [1.82, 2.24) is 0 Å². The molecule has 0 heterocycles. The quantitative estimate of drug-likeness (QED) is 0.0428. The highest BCUT2D eigenvalue weighted by molar-refractivity contribution is 5.77.